The molecule has 5 aromatic rings. The number of fused-ring (bicyclic) bond motifs is 1. The SMILES string of the molecule is CC(CCc1ccccc1)NCC(O)c1ccc(O)c(C(N)=O)c1.NC(=O)NC(=O)Cc1ccccc1.S=c1nc[nH]c2nc[nH]c12. The summed E-state index contributed by atoms with van der Waals surface area (Å²) in [5, 5.41) is 25.1. The number of aromatic amines is 2. The second-order valence-corrected chi connectivity index (χ2v) is 10.8. The molecular weight excluding hydrogens is 620 g/mol. The summed E-state index contributed by atoms with van der Waals surface area (Å²) in [6.45, 7) is 2.43. The molecule has 246 valence electrons. The van der Waals surface area contributed by atoms with E-state index in [4.69, 9.17) is 23.7 Å². The van der Waals surface area contributed by atoms with Crippen LogP contribution in [0.3, 0.4) is 0 Å². The molecule has 0 fully saturated rings. The lowest BCUT2D eigenvalue weighted by molar-refractivity contribution is -0.119. The number of aliphatic hydroxyl groups is 1. The van der Waals surface area contributed by atoms with Crippen LogP contribution in [0.25, 0.3) is 11.2 Å². The fourth-order valence-electron chi connectivity index (χ4n) is 4.27. The van der Waals surface area contributed by atoms with Crippen LogP contribution in [0.5, 0.6) is 5.75 Å². The second kappa shape index (κ2) is 18.5. The lowest BCUT2D eigenvalue weighted by Gasteiger charge is -2.18. The number of imidazole rings is 1. The molecule has 0 saturated carbocycles. The Balaban J connectivity index is 0.000000216. The number of urea groups is 1. The fourth-order valence-corrected chi connectivity index (χ4v) is 4.47. The number of imide groups is 1. The third-order valence-corrected chi connectivity index (χ3v) is 7.06. The van der Waals surface area contributed by atoms with Gasteiger partial charge in [-0.15, -0.1) is 0 Å². The van der Waals surface area contributed by atoms with E-state index >= 15 is 0 Å². The molecule has 13 nitrogen and oxygen atoms in total. The number of benzene rings is 3. The highest BCUT2D eigenvalue weighted by molar-refractivity contribution is 7.71. The Kier molecular flexibility index (Phi) is 14.2. The van der Waals surface area contributed by atoms with Crippen LogP contribution in [0.4, 0.5) is 4.79 Å². The number of aromatic hydroxyl groups is 1. The van der Waals surface area contributed by atoms with Gasteiger partial charge in [-0.05, 0) is 48.6 Å². The smallest absolute Gasteiger partial charge is 0.318 e. The van der Waals surface area contributed by atoms with E-state index in [-0.39, 0.29) is 23.8 Å². The number of aliphatic hydroxyl groups excluding tert-OH is 1. The number of phenols is 1. The molecule has 5 rings (SSSR count). The first-order valence-corrected chi connectivity index (χ1v) is 15.0. The molecule has 4 amide bonds. The van der Waals surface area contributed by atoms with Gasteiger partial charge in [0.15, 0.2) is 10.3 Å². The van der Waals surface area contributed by atoms with Crippen LogP contribution in [0.2, 0.25) is 0 Å². The summed E-state index contributed by atoms with van der Waals surface area (Å²) in [7, 11) is 0. The van der Waals surface area contributed by atoms with Gasteiger partial charge in [0.05, 0.1) is 30.7 Å². The molecule has 0 bridgehead atoms. The van der Waals surface area contributed by atoms with Crippen molar-refractivity contribution < 1.29 is 24.6 Å². The van der Waals surface area contributed by atoms with Crippen LogP contribution in [-0.2, 0) is 17.6 Å². The maximum absolute atomic E-state index is 11.2. The van der Waals surface area contributed by atoms with E-state index in [1.807, 2.05) is 41.7 Å². The number of carbonyl (C=O) groups is 3. The summed E-state index contributed by atoms with van der Waals surface area (Å²) < 4.78 is 0.547. The highest BCUT2D eigenvalue weighted by Crippen LogP contribution is 2.22. The number of nitrogens with one attached hydrogen (secondary N) is 4. The molecule has 0 aliphatic carbocycles. The van der Waals surface area contributed by atoms with Crippen molar-refractivity contribution >= 4 is 41.2 Å². The van der Waals surface area contributed by atoms with Crippen LogP contribution in [0.1, 0.15) is 46.5 Å². The number of rotatable bonds is 10. The minimum Gasteiger partial charge on any atom is -0.507 e. The molecule has 10 N–H and O–H groups in total. The van der Waals surface area contributed by atoms with E-state index in [0.717, 1.165) is 29.6 Å². The molecule has 14 heteroatoms. The largest absolute Gasteiger partial charge is 0.507 e. The van der Waals surface area contributed by atoms with Crippen LogP contribution in [0, 0.1) is 4.64 Å². The highest BCUT2D eigenvalue weighted by Gasteiger charge is 2.14. The van der Waals surface area contributed by atoms with Crippen molar-refractivity contribution in [2.24, 2.45) is 11.5 Å². The predicted molar refractivity (Wildman–Crippen MR) is 181 cm³/mol. The quantitative estimate of drug-likeness (QED) is 0.103. The van der Waals surface area contributed by atoms with Crippen molar-refractivity contribution in [2.75, 3.05) is 6.54 Å². The summed E-state index contributed by atoms with van der Waals surface area (Å²) >= 11 is 4.91. The van der Waals surface area contributed by atoms with Crippen molar-refractivity contribution in [3.63, 3.8) is 0 Å². The number of primary amides is 2. The maximum Gasteiger partial charge on any atom is 0.318 e. The molecule has 0 radical (unpaired) electrons. The minimum absolute atomic E-state index is 0.0173. The minimum atomic E-state index is -0.819. The Hall–Kier alpha value is -5.44. The zero-order valence-electron chi connectivity index (χ0n) is 25.7. The number of aromatic nitrogens is 4. The lowest BCUT2D eigenvalue weighted by Crippen LogP contribution is -2.35. The van der Waals surface area contributed by atoms with Gasteiger partial charge in [0, 0.05) is 12.6 Å². The van der Waals surface area contributed by atoms with Gasteiger partial charge in [-0.1, -0.05) is 78.9 Å². The van der Waals surface area contributed by atoms with Gasteiger partial charge in [-0.2, -0.15) is 0 Å². The van der Waals surface area contributed by atoms with Crippen molar-refractivity contribution in [3.05, 3.63) is 118 Å². The third kappa shape index (κ3) is 12.5. The van der Waals surface area contributed by atoms with Gasteiger partial charge < -0.3 is 37.0 Å². The van der Waals surface area contributed by atoms with Gasteiger partial charge in [0.2, 0.25) is 5.91 Å². The average Bonchev–Trinajstić information content (AvgIpc) is 3.54. The molecular formula is C33H38N8O5S. The van der Waals surface area contributed by atoms with Gasteiger partial charge in [-0.25, -0.2) is 14.8 Å². The van der Waals surface area contributed by atoms with Gasteiger partial charge in [0.1, 0.15) is 11.3 Å². The Morgan fingerprint density at radius 3 is 2.17 bits per heavy atom. The monoisotopic (exact) mass is 658 g/mol. The van der Waals surface area contributed by atoms with Crippen molar-refractivity contribution in [3.8, 4) is 5.75 Å². The van der Waals surface area contributed by atoms with Gasteiger partial charge >= 0.3 is 6.03 Å². The summed E-state index contributed by atoms with van der Waals surface area (Å²) in [5.41, 5.74) is 14.2. The summed E-state index contributed by atoms with van der Waals surface area (Å²) in [6.07, 6.45) is 4.44. The number of nitrogens with zero attached hydrogens (tertiary/aromatic N) is 2. The van der Waals surface area contributed by atoms with Gasteiger partial charge in [-0.3, -0.25) is 14.9 Å². The van der Waals surface area contributed by atoms with E-state index in [1.165, 1.54) is 24.0 Å². The van der Waals surface area contributed by atoms with Crippen LogP contribution in [-0.4, -0.2) is 60.6 Å². The molecule has 0 spiro atoms. The third-order valence-electron chi connectivity index (χ3n) is 6.75. The Morgan fingerprint density at radius 1 is 0.915 bits per heavy atom. The Labute approximate surface area is 276 Å². The molecule has 0 aliphatic heterocycles. The Morgan fingerprint density at radius 2 is 1.55 bits per heavy atom. The number of carbonyl (C=O) groups excluding carboxylic acids is 3. The average molecular weight is 659 g/mol. The molecule has 47 heavy (non-hydrogen) atoms. The number of amides is 4. The van der Waals surface area contributed by atoms with E-state index in [1.54, 1.807) is 24.5 Å². The van der Waals surface area contributed by atoms with E-state index in [2.05, 4.69) is 44.3 Å². The first-order valence-electron chi connectivity index (χ1n) is 14.6. The molecule has 3 aromatic carbocycles. The van der Waals surface area contributed by atoms with Crippen LogP contribution in [0.15, 0.2) is 91.5 Å². The zero-order valence-corrected chi connectivity index (χ0v) is 26.5. The first kappa shape index (κ1) is 36.0. The standard InChI is InChI=1S/C19H24N2O3.C9H10N2O2.C5H4N4S/c1-13(7-8-14-5-3-2-4-6-14)21-12-18(23)15-9-10-17(22)16(11-15)19(20)24;10-9(13)11-8(12)6-7-4-2-1-3-5-7;10-5-3-4(7-1-6-3)8-2-9-5/h2-6,9-11,13,18,21-23H,7-8,12H2,1H3,(H2,20,24);1-5H,6H2,(H3,10,11,12,13);1-2H,(H2,6,7,8,9,10). The van der Waals surface area contributed by atoms with Gasteiger partial charge in [0.25, 0.3) is 5.91 Å². The normalized spacial score (nSPS) is 11.6. The Bertz CT molecular complexity index is 1800. The molecule has 2 aromatic heterocycles. The molecule has 2 unspecified atom stereocenters. The van der Waals surface area contributed by atoms with Crippen LogP contribution < -0.4 is 22.1 Å². The topological polar surface area (TPSA) is 225 Å². The van der Waals surface area contributed by atoms with Crippen LogP contribution >= 0.6 is 12.2 Å². The molecule has 0 saturated heterocycles. The zero-order chi connectivity index (χ0) is 34.2. The second-order valence-electron chi connectivity index (χ2n) is 10.4. The summed E-state index contributed by atoms with van der Waals surface area (Å²) in [4.78, 5) is 46.1. The number of hydrogen-bond donors (Lipinski definition) is 8. The van der Waals surface area contributed by atoms with Crippen molar-refractivity contribution in [1.82, 2.24) is 30.6 Å². The van der Waals surface area contributed by atoms with E-state index < -0.39 is 23.9 Å². The number of nitrogens with two attached hydrogens (primary N) is 2. The lowest BCUT2D eigenvalue weighted by atomic mass is 10.0. The first-order chi connectivity index (χ1) is 22.5. The van der Waals surface area contributed by atoms with E-state index in [9.17, 15) is 24.6 Å². The van der Waals surface area contributed by atoms with Crippen molar-refractivity contribution in [2.45, 2.75) is 38.3 Å². The number of H-pyrrole nitrogens is 2. The summed E-state index contributed by atoms with van der Waals surface area (Å²) in [6, 6.07) is 23.2. The maximum atomic E-state index is 11.2. The van der Waals surface area contributed by atoms with E-state index in [0.29, 0.717) is 16.7 Å². The number of hydrogen-bond acceptors (Lipinski definition) is 9. The summed E-state index contributed by atoms with van der Waals surface area (Å²) in [5.74, 6) is -1.29. The molecule has 0 aliphatic rings. The predicted octanol–water partition coefficient (Wildman–Crippen LogP) is 3.57. The van der Waals surface area contributed by atoms with Crippen molar-refractivity contribution in [1.29, 1.82) is 0 Å². The number of aryl methyl sites for hydroxylation is 1. The highest BCUT2D eigenvalue weighted by atomic mass is 32.1. The fraction of sp³-hybridized carbons (Fsp3) is 0.212. The molecule has 2 heterocycles. The molecule has 2 atom stereocenters.